The lowest BCUT2D eigenvalue weighted by atomic mass is 10.0. The number of carbonyl (C=O) groups is 1. The van der Waals surface area contributed by atoms with E-state index >= 15 is 0 Å². The van der Waals surface area contributed by atoms with Gasteiger partial charge >= 0.3 is 5.97 Å². The van der Waals surface area contributed by atoms with Crippen LogP contribution in [0.3, 0.4) is 0 Å². The van der Waals surface area contributed by atoms with E-state index in [1.807, 2.05) is 61.5 Å². The van der Waals surface area contributed by atoms with E-state index in [0.717, 1.165) is 11.1 Å². The molecule has 3 aromatic rings. The van der Waals surface area contributed by atoms with E-state index < -0.39 is 11.8 Å². The quantitative estimate of drug-likeness (QED) is 0.596. The number of carbonyl (C=O) groups excluding carboxylic acids is 1. The van der Waals surface area contributed by atoms with E-state index in [2.05, 4.69) is 0 Å². The zero-order valence-electron chi connectivity index (χ0n) is 14.7. The molecule has 0 spiro atoms. The van der Waals surface area contributed by atoms with Gasteiger partial charge in [0, 0.05) is 11.6 Å². The minimum atomic E-state index is -0.556. The highest BCUT2D eigenvalue weighted by molar-refractivity contribution is 5.94. The zero-order chi connectivity index (χ0) is 18.5. The maximum Gasteiger partial charge on any atom is 0.342 e. The molecule has 0 fully saturated rings. The largest absolute Gasteiger partial charge is 0.496 e. The van der Waals surface area contributed by atoms with Crippen molar-refractivity contribution in [3.8, 4) is 16.9 Å². The summed E-state index contributed by atoms with van der Waals surface area (Å²) in [6.45, 7) is 2.10. The highest BCUT2D eigenvalue weighted by atomic mass is 19.1. The zero-order valence-corrected chi connectivity index (χ0v) is 14.7. The first kappa shape index (κ1) is 17.7. The fourth-order valence-electron chi connectivity index (χ4n) is 2.64. The van der Waals surface area contributed by atoms with Gasteiger partial charge in [-0.2, -0.15) is 0 Å². The molecule has 3 rings (SSSR count). The van der Waals surface area contributed by atoms with Crippen LogP contribution >= 0.6 is 0 Å². The van der Waals surface area contributed by atoms with E-state index in [9.17, 15) is 9.18 Å². The molecule has 3 nitrogen and oxygen atoms in total. The van der Waals surface area contributed by atoms with E-state index in [0.29, 0.717) is 11.1 Å². The second kappa shape index (κ2) is 7.83. The van der Waals surface area contributed by atoms with Crippen LogP contribution in [0.4, 0.5) is 4.39 Å². The van der Waals surface area contributed by atoms with Crippen LogP contribution in [0.15, 0.2) is 66.7 Å². The molecule has 0 unspecified atom stereocenters. The lowest BCUT2D eigenvalue weighted by Gasteiger charge is -2.12. The summed E-state index contributed by atoms with van der Waals surface area (Å²) in [6, 6.07) is 19.5. The topological polar surface area (TPSA) is 35.5 Å². The SMILES string of the molecule is COc1cc(F)c(-c2ccc(C)cc2)cc1C(=O)OCc1ccccc1. The first-order valence-electron chi connectivity index (χ1n) is 8.24. The second-order valence-corrected chi connectivity index (χ2v) is 5.96. The van der Waals surface area contributed by atoms with Gasteiger partial charge in [0.25, 0.3) is 0 Å². The van der Waals surface area contributed by atoms with Crippen molar-refractivity contribution in [2.45, 2.75) is 13.5 Å². The molecule has 3 aromatic carbocycles. The van der Waals surface area contributed by atoms with Crippen molar-refractivity contribution in [1.82, 2.24) is 0 Å². The van der Waals surface area contributed by atoms with Crippen molar-refractivity contribution in [3.63, 3.8) is 0 Å². The molecule has 26 heavy (non-hydrogen) atoms. The van der Waals surface area contributed by atoms with Crippen molar-refractivity contribution in [1.29, 1.82) is 0 Å². The summed E-state index contributed by atoms with van der Waals surface area (Å²) in [5.41, 5.74) is 3.16. The molecule has 0 N–H and O–H groups in total. The van der Waals surface area contributed by atoms with Crippen LogP contribution in [0.25, 0.3) is 11.1 Å². The lowest BCUT2D eigenvalue weighted by Crippen LogP contribution is -2.08. The van der Waals surface area contributed by atoms with E-state index in [1.165, 1.54) is 19.2 Å². The van der Waals surface area contributed by atoms with Crippen LogP contribution in [0, 0.1) is 12.7 Å². The molecule has 0 aromatic heterocycles. The van der Waals surface area contributed by atoms with E-state index in [-0.39, 0.29) is 17.9 Å². The standard InChI is InChI=1S/C22H19FO3/c1-15-8-10-17(11-9-15)18-12-19(21(25-2)13-20(18)23)22(24)26-14-16-6-4-3-5-7-16/h3-13H,14H2,1-2H3. The molecule has 0 aliphatic carbocycles. The van der Waals surface area contributed by atoms with Crippen LogP contribution < -0.4 is 4.74 Å². The molecule has 0 aliphatic rings. The third kappa shape index (κ3) is 3.91. The highest BCUT2D eigenvalue weighted by Gasteiger charge is 2.19. The summed E-state index contributed by atoms with van der Waals surface area (Å²) >= 11 is 0. The average molecular weight is 350 g/mol. The summed E-state index contributed by atoms with van der Waals surface area (Å²) < 4.78 is 25.0. The molecule has 4 heteroatoms. The first-order chi connectivity index (χ1) is 12.6. The van der Waals surface area contributed by atoms with E-state index in [4.69, 9.17) is 9.47 Å². The van der Waals surface area contributed by atoms with Gasteiger partial charge in [0.2, 0.25) is 0 Å². The van der Waals surface area contributed by atoms with Crippen LogP contribution in [-0.2, 0) is 11.3 Å². The van der Waals surface area contributed by atoms with Gasteiger partial charge in [-0.25, -0.2) is 9.18 Å². The second-order valence-electron chi connectivity index (χ2n) is 5.96. The van der Waals surface area contributed by atoms with Gasteiger partial charge < -0.3 is 9.47 Å². The number of ether oxygens (including phenoxy) is 2. The van der Waals surface area contributed by atoms with Gasteiger partial charge in [-0.05, 0) is 24.1 Å². The summed E-state index contributed by atoms with van der Waals surface area (Å²) in [6.07, 6.45) is 0. The Morgan fingerprint density at radius 1 is 1.00 bits per heavy atom. The van der Waals surface area contributed by atoms with Gasteiger partial charge in [-0.3, -0.25) is 0 Å². The highest BCUT2D eigenvalue weighted by Crippen LogP contribution is 2.30. The maximum atomic E-state index is 14.5. The Bertz CT molecular complexity index is 903. The van der Waals surface area contributed by atoms with Crippen molar-refractivity contribution in [2.24, 2.45) is 0 Å². The van der Waals surface area contributed by atoms with Crippen molar-refractivity contribution >= 4 is 5.97 Å². The van der Waals surface area contributed by atoms with Crippen molar-refractivity contribution < 1.29 is 18.7 Å². The number of halogens is 1. The fraction of sp³-hybridized carbons (Fsp3) is 0.136. The van der Waals surface area contributed by atoms with Gasteiger partial charge in [0.05, 0.1) is 7.11 Å². The van der Waals surface area contributed by atoms with Crippen LogP contribution in [-0.4, -0.2) is 13.1 Å². The Kier molecular flexibility index (Phi) is 5.32. The monoisotopic (exact) mass is 350 g/mol. The third-order valence-electron chi connectivity index (χ3n) is 4.08. The Morgan fingerprint density at radius 2 is 1.69 bits per heavy atom. The minimum absolute atomic E-state index is 0.139. The summed E-state index contributed by atoms with van der Waals surface area (Å²) in [7, 11) is 1.40. The molecule has 0 saturated heterocycles. The number of methoxy groups -OCH3 is 1. The number of esters is 1. The Hall–Kier alpha value is -3.14. The maximum absolute atomic E-state index is 14.5. The van der Waals surface area contributed by atoms with Gasteiger partial charge in [-0.15, -0.1) is 0 Å². The predicted molar refractivity (Wildman–Crippen MR) is 98.7 cm³/mol. The van der Waals surface area contributed by atoms with Gasteiger partial charge in [-0.1, -0.05) is 60.2 Å². The van der Waals surface area contributed by atoms with Crippen LogP contribution in [0.2, 0.25) is 0 Å². The molecule has 132 valence electrons. The fourth-order valence-corrected chi connectivity index (χ4v) is 2.64. The molecule has 0 atom stereocenters. The van der Waals surface area contributed by atoms with E-state index in [1.54, 1.807) is 0 Å². The lowest BCUT2D eigenvalue weighted by molar-refractivity contribution is 0.0469. The molecule has 0 saturated carbocycles. The summed E-state index contributed by atoms with van der Waals surface area (Å²) in [5, 5.41) is 0. The van der Waals surface area contributed by atoms with Crippen molar-refractivity contribution in [2.75, 3.05) is 7.11 Å². The minimum Gasteiger partial charge on any atom is -0.496 e. The number of benzene rings is 3. The first-order valence-corrected chi connectivity index (χ1v) is 8.24. The number of hydrogen-bond acceptors (Lipinski definition) is 3. The molecule has 0 bridgehead atoms. The molecule has 0 amide bonds. The number of hydrogen-bond donors (Lipinski definition) is 0. The average Bonchev–Trinajstić information content (AvgIpc) is 2.67. The third-order valence-corrected chi connectivity index (χ3v) is 4.08. The molecule has 0 radical (unpaired) electrons. The van der Waals surface area contributed by atoms with Gasteiger partial charge in [0.1, 0.15) is 23.7 Å². The molecular formula is C22H19FO3. The van der Waals surface area contributed by atoms with Crippen molar-refractivity contribution in [3.05, 3.63) is 89.2 Å². The predicted octanol–water partition coefficient (Wildman–Crippen LogP) is 5.17. The number of rotatable bonds is 5. The summed E-state index contributed by atoms with van der Waals surface area (Å²) in [5.74, 6) is -0.860. The van der Waals surface area contributed by atoms with Crippen LogP contribution in [0.1, 0.15) is 21.5 Å². The Balaban J connectivity index is 1.90. The Morgan fingerprint density at radius 3 is 2.35 bits per heavy atom. The molecule has 0 aliphatic heterocycles. The Labute approximate surface area is 152 Å². The summed E-state index contributed by atoms with van der Waals surface area (Å²) in [4.78, 5) is 12.5. The molecular weight excluding hydrogens is 331 g/mol. The van der Waals surface area contributed by atoms with Gasteiger partial charge in [0.15, 0.2) is 0 Å². The number of aryl methyl sites for hydroxylation is 1. The van der Waals surface area contributed by atoms with Crippen LogP contribution in [0.5, 0.6) is 5.75 Å². The normalized spacial score (nSPS) is 10.4. The smallest absolute Gasteiger partial charge is 0.342 e. The molecule has 0 heterocycles.